The van der Waals surface area contributed by atoms with E-state index in [2.05, 4.69) is 0 Å². The Bertz CT molecular complexity index is 794. The van der Waals surface area contributed by atoms with Crippen molar-refractivity contribution >= 4 is 33.1 Å². The molecule has 0 radical (unpaired) electrons. The van der Waals surface area contributed by atoms with Gasteiger partial charge in [0.05, 0.1) is 0 Å². The molecule has 24 heavy (non-hydrogen) atoms. The average molecular weight is 322 g/mol. The summed E-state index contributed by atoms with van der Waals surface area (Å²) in [5.41, 5.74) is 0. The molecule has 0 amide bonds. The van der Waals surface area contributed by atoms with Crippen LogP contribution in [0, 0.1) is 0 Å². The van der Waals surface area contributed by atoms with Gasteiger partial charge < -0.3 is 9.47 Å². The molecule has 3 aromatic carbocycles. The molecule has 4 heteroatoms. The van der Waals surface area contributed by atoms with Gasteiger partial charge in [-0.1, -0.05) is 48.5 Å². The lowest BCUT2D eigenvalue weighted by Crippen LogP contribution is -2.09. The van der Waals surface area contributed by atoms with Gasteiger partial charge in [-0.2, -0.15) is 0 Å². The third kappa shape index (κ3) is 3.08. The van der Waals surface area contributed by atoms with Crippen molar-refractivity contribution < 1.29 is 19.1 Å². The predicted molar refractivity (Wildman–Crippen MR) is 93.8 cm³/mol. The summed E-state index contributed by atoms with van der Waals surface area (Å²) < 4.78 is 11.6. The van der Waals surface area contributed by atoms with Gasteiger partial charge in [-0.15, -0.1) is 0 Å². The van der Waals surface area contributed by atoms with Crippen LogP contribution in [0.2, 0.25) is 0 Å². The van der Waals surface area contributed by atoms with Crippen molar-refractivity contribution in [1.82, 2.24) is 0 Å². The molecule has 3 aromatic rings. The summed E-state index contributed by atoms with van der Waals surface area (Å²) >= 11 is 0. The maximum atomic E-state index is 11.3. The molecule has 0 spiro atoms. The lowest BCUT2D eigenvalue weighted by atomic mass is 10.0. The number of ether oxygens (including phenoxy) is 2. The van der Waals surface area contributed by atoms with Crippen molar-refractivity contribution in [3.63, 3.8) is 0 Å². The number of ketones is 2. The summed E-state index contributed by atoms with van der Waals surface area (Å²) in [6.07, 6.45) is 0. The summed E-state index contributed by atoms with van der Waals surface area (Å²) in [4.78, 5) is 22.7. The highest BCUT2D eigenvalue weighted by molar-refractivity contribution is 6.11. The van der Waals surface area contributed by atoms with Crippen LogP contribution in [-0.4, -0.2) is 24.8 Å². The minimum atomic E-state index is -0.0416. The van der Waals surface area contributed by atoms with E-state index in [1.807, 2.05) is 48.5 Å². The molecule has 0 aliphatic carbocycles. The summed E-state index contributed by atoms with van der Waals surface area (Å²) in [6.45, 7) is 3.02. The van der Waals surface area contributed by atoms with Crippen molar-refractivity contribution in [1.29, 1.82) is 0 Å². The molecular weight excluding hydrogens is 304 g/mol. The predicted octanol–water partition coefficient (Wildman–Crippen LogP) is 3.93. The van der Waals surface area contributed by atoms with Crippen LogP contribution < -0.4 is 9.47 Å². The summed E-state index contributed by atoms with van der Waals surface area (Å²) in [5, 5.41) is 3.43. The molecule has 0 aliphatic heterocycles. The second kappa shape index (κ2) is 6.71. The fourth-order valence-electron chi connectivity index (χ4n) is 2.71. The van der Waals surface area contributed by atoms with Crippen molar-refractivity contribution in [3.8, 4) is 11.5 Å². The van der Waals surface area contributed by atoms with E-state index in [1.54, 1.807) is 0 Å². The Morgan fingerprint density at radius 1 is 0.667 bits per heavy atom. The molecule has 4 nitrogen and oxygen atoms in total. The molecular formula is C20H18O4. The zero-order chi connectivity index (χ0) is 17.1. The Balaban J connectivity index is 2.28. The van der Waals surface area contributed by atoms with Gasteiger partial charge >= 0.3 is 0 Å². The molecule has 0 fully saturated rings. The fourth-order valence-corrected chi connectivity index (χ4v) is 2.71. The Morgan fingerprint density at radius 3 is 1.21 bits per heavy atom. The van der Waals surface area contributed by atoms with Crippen LogP contribution in [0.25, 0.3) is 21.5 Å². The molecule has 0 aliphatic rings. The topological polar surface area (TPSA) is 52.6 Å². The lowest BCUT2D eigenvalue weighted by molar-refractivity contribution is -0.119. The maximum Gasteiger partial charge on any atom is 0.167 e. The quantitative estimate of drug-likeness (QED) is 0.645. The number of fused-ring (bicyclic) bond motifs is 2. The number of hydrogen-bond acceptors (Lipinski definition) is 4. The van der Waals surface area contributed by atoms with E-state index in [0.29, 0.717) is 11.5 Å². The van der Waals surface area contributed by atoms with E-state index >= 15 is 0 Å². The van der Waals surface area contributed by atoms with Crippen molar-refractivity contribution in [3.05, 3.63) is 48.5 Å². The Labute approximate surface area is 140 Å². The third-order valence-corrected chi connectivity index (χ3v) is 3.67. The number of benzene rings is 3. The first kappa shape index (κ1) is 16.0. The molecule has 122 valence electrons. The first-order valence-electron chi connectivity index (χ1n) is 7.76. The second-order valence-electron chi connectivity index (χ2n) is 5.73. The third-order valence-electron chi connectivity index (χ3n) is 3.67. The summed E-state index contributed by atoms with van der Waals surface area (Å²) in [5.74, 6) is 1.23. The highest BCUT2D eigenvalue weighted by Crippen LogP contribution is 2.42. The van der Waals surface area contributed by atoms with E-state index in [9.17, 15) is 9.59 Å². The first-order chi connectivity index (χ1) is 11.6. The monoisotopic (exact) mass is 322 g/mol. The highest BCUT2D eigenvalue weighted by Gasteiger charge is 2.16. The normalized spacial score (nSPS) is 10.8. The van der Waals surface area contributed by atoms with Crippen LogP contribution in [0.15, 0.2) is 48.5 Å². The van der Waals surface area contributed by atoms with Crippen LogP contribution in [0.3, 0.4) is 0 Å². The van der Waals surface area contributed by atoms with Crippen LogP contribution in [-0.2, 0) is 9.59 Å². The van der Waals surface area contributed by atoms with Crippen LogP contribution in [0.5, 0.6) is 11.5 Å². The number of hydrogen-bond donors (Lipinski definition) is 0. The van der Waals surface area contributed by atoms with Crippen molar-refractivity contribution in [2.45, 2.75) is 13.8 Å². The fraction of sp³-hybridized carbons (Fsp3) is 0.200. The minimum absolute atomic E-state index is 0.0155. The standard InChI is InChI=1S/C20H18O4/c1-13(21)11-23-19-15-7-3-5-9-17(15)20(24-12-14(2)22)18-10-6-4-8-16(18)19/h3-10H,11-12H2,1-2H3. The van der Waals surface area contributed by atoms with Crippen LogP contribution in [0.4, 0.5) is 0 Å². The Hall–Kier alpha value is -2.88. The van der Waals surface area contributed by atoms with E-state index in [-0.39, 0.29) is 24.8 Å². The van der Waals surface area contributed by atoms with Gasteiger partial charge in [0.2, 0.25) is 0 Å². The van der Waals surface area contributed by atoms with E-state index in [0.717, 1.165) is 21.5 Å². The van der Waals surface area contributed by atoms with Gasteiger partial charge in [-0.3, -0.25) is 9.59 Å². The van der Waals surface area contributed by atoms with E-state index in [4.69, 9.17) is 9.47 Å². The molecule has 3 rings (SSSR count). The number of Topliss-reactive ketones (excluding diaryl/α,β-unsaturated/α-hetero) is 2. The molecule has 0 unspecified atom stereocenters. The molecule has 0 bridgehead atoms. The Morgan fingerprint density at radius 2 is 0.958 bits per heavy atom. The van der Waals surface area contributed by atoms with Crippen LogP contribution >= 0.6 is 0 Å². The molecule has 0 saturated heterocycles. The SMILES string of the molecule is CC(=O)COc1c2ccccc2c(OCC(C)=O)c2ccccc12. The summed E-state index contributed by atoms with van der Waals surface area (Å²) in [6, 6.07) is 15.4. The molecule has 0 saturated carbocycles. The second-order valence-corrected chi connectivity index (χ2v) is 5.73. The molecule has 0 atom stereocenters. The zero-order valence-corrected chi connectivity index (χ0v) is 13.7. The van der Waals surface area contributed by atoms with E-state index in [1.165, 1.54) is 13.8 Å². The number of carbonyl (C=O) groups is 2. The highest BCUT2D eigenvalue weighted by atomic mass is 16.5. The van der Waals surface area contributed by atoms with Crippen molar-refractivity contribution in [2.75, 3.05) is 13.2 Å². The smallest absolute Gasteiger partial charge is 0.167 e. The Kier molecular flexibility index (Phi) is 4.47. The van der Waals surface area contributed by atoms with Gasteiger partial charge in [0, 0.05) is 21.5 Å². The largest absolute Gasteiger partial charge is 0.485 e. The average Bonchev–Trinajstić information content (AvgIpc) is 2.57. The maximum absolute atomic E-state index is 11.3. The minimum Gasteiger partial charge on any atom is -0.485 e. The van der Waals surface area contributed by atoms with Crippen LogP contribution in [0.1, 0.15) is 13.8 Å². The molecule has 0 aromatic heterocycles. The van der Waals surface area contributed by atoms with Gasteiger partial charge in [0.25, 0.3) is 0 Å². The molecule has 0 N–H and O–H groups in total. The first-order valence-corrected chi connectivity index (χ1v) is 7.76. The molecule has 0 heterocycles. The zero-order valence-electron chi connectivity index (χ0n) is 13.7. The van der Waals surface area contributed by atoms with Gasteiger partial charge in [-0.25, -0.2) is 0 Å². The van der Waals surface area contributed by atoms with Crippen molar-refractivity contribution in [2.24, 2.45) is 0 Å². The van der Waals surface area contributed by atoms with Gasteiger partial charge in [0.15, 0.2) is 11.6 Å². The summed E-state index contributed by atoms with van der Waals surface area (Å²) in [7, 11) is 0. The van der Waals surface area contributed by atoms with Gasteiger partial charge in [0.1, 0.15) is 24.7 Å². The van der Waals surface area contributed by atoms with Gasteiger partial charge in [-0.05, 0) is 13.8 Å². The lowest BCUT2D eigenvalue weighted by Gasteiger charge is -2.17. The van der Waals surface area contributed by atoms with E-state index < -0.39 is 0 Å². The number of rotatable bonds is 6. The number of carbonyl (C=O) groups excluding carboxylic acids is 2.